The van der Waals surface area contributed by atoms with Gasteiger partial charge < -0.3 is 16.0 Å². The van der Waals surface area contributed by atoms with Crippen LogP contribution in [0.2, 0.25) is 5.02 Å². The monoisotopic (exact) mass is 463 g/mol. The number of hydrogen-bond donors (Lipinski definition) is 3. The number of pyridine rings is 1. The molecule has 4 rings (SSSR count). The van der Waals surface area contributed by atoms with Crippen LogP contribution in [-0.2, 0) is 6.54 Å². The molecule has 7 nitrogen and oxygen atoms in total. The van der Waals surface area contributed by atoms with Gasteiger partial charge in [-0.25, -0.2) is 9.78 Å². The number of urea groups is 1. The summed E-state index contributed by atoms with van der Waals surface area (Å²) < 4.78 is 0. The Morgan fingerprint density at radius 2 is 1.85 bits per heavy atom. The maximum Gasteiger partial charge on any atom is 0.319 e. The van der Waals surface area contributed by atoms with Crippen molar-refractivity contribution >= 4 is 35.0 Å². The molecular formula is C25H26ClN5O2. The van der Waals surface area contributed by atoms with Gasteiger partial charge in [-0.15, -0.1) is 0 Å². The molecule has 8 heteroatoms. The van der Waals surface area contributed by atoms with E-state index >= 15 is 0 Å². The van der Waals surface area contributed by atoms with Gasteiger partial charge in [-0.2, -0.15) is 0 Å². The lowest BCUT2D eigenvalue weighted by atomic mass is 10.1. The smallest absolute Gasteiger partial charge is 0.319 e. The average molecular weight is 464 g/mol. The molecule has 3 amide bonds. The average Bonchev–Trinajstić information content (AvgIpc) is 3.14. The van der Waals surface area contributed by atoms with Crippen LogP contribution in [-0.4, -0.2) is 41.0 Å². The van der Waals surface area contributed by atoms with Crippen LogP contribution < -0.4 is 16.0 Å². The number of likely N-dealkylation sites (tertiary alicyclic amines) is 1. The zero-order chi connectivity index (χ0) is 23.2. The molecule has 0 bridgehead atoms. The van der Waals surface area contributed by atoms with Crippen molar-refractivity contribution in [2.45, 2.75) is 19.5 Å². The lowest BCUT2D eigenvalue weighted by Crippen LogP contribution is -2.42. The SMILES string of the molecule is C[C@H]1CN(Cc2ccccc2)C[C@@H]1NC(=O)Nc1cccc(C(=O)Nc2ccc(Cl)cn2)c1. The summed E-state index contributed by atoms with van der Waals surface area (Å²) in [7, 11) is 0. The van der Waals surface area contributed by atoms with Crippen molar-refractivity contribution in [2.24, 2.45) is 5.92 Å². The van der Waals surface area contributed by atoms with Crippen LogP contribution >= 0.6 is 11.6 Å². The summed E-state index contributed by atoms with van der Waals surface area (Å²) in [6.45, 7) is 4.73. The van der Waals surface area contributed by atoms with Crippen molar-refractivity contribution in [3.63, 3.8) is 0 Å². The number of amides is 3. The minimum atomic E-state index is -0.324. The van der Waals surface area contributed by atoms with Gasteiger partial charge in [-0.05, 0) is 41.8 Å². The summed E-state index contributed by atoms with van der Waals surface area (Å²) in [5, 5.41) is 9.11. The molecule has 2 aromatic carbocycles. The van der Waals surface area contributed by atoms with E-state index in [1.807, 2.05) is 18.2 Å². The fourth-order valence-electron chi connectivity index (χ4n) is 3.94. The summed E-state index contributed by atoms with van der Waals surface area (Å²) >= 11 is 5.82. The quantitative estimate of drug-likeness (QED) is 0.497. The van der Waals surface area contributed by atoms with E-state index < -0.39 is 0 Å². The van der Waals surface area contributed by atoms with Gasteiger partial charge in [0.15, 0.2) is 0 Å². The van der Waals surface area contributed by atoms with E-state index in [2.05, 4.69) is 44.9 Å². The highest BCUT2D eigenvalue weighted by Crippen LogP contribution is 2.20. The minimum absolute atomic E-state index is 0.0520. The van der Waals surface area contributed by atoms with Crippen LogP contribution in [0, 0.1) is 5.92 Å². The number of halogens is 1. The van der Waals surface area contributed by atoms with E-state index in [0.29, 0.717) is 28.0 Å². The van der Waals surface area contributed by atoms with Crippen LogP contribution in [0.25, 0.3) is 0 Å². The van der Waals surface area contributed by atoms with E-state index in [1.54, 1.807) is 36.4 Å². The maximum absolute atomic E-state index is 12.6. The second-order valence-electron chi connectivity index (χ2n) is 8.26. The first-order valence-corrected chi connectivity index (χ1v) is 11.2. The number of rotatable bonds is 6. The third kappa shape index (κ3) is 6.31. The van der Waals surface area contributed by atoms with Crippen molar-refractivity contribution in [1.82, 2.24) is 15.2 Å². The van der Waals surface area contributed by atoms with Gasteiger partial charge in [-0.1, -0.05) is 54.9 Å². The second kappa shape index (κ2) is 10.5. The Morgan fingerprint density at radius 3 is 2.61 bits per heavy atom. The number of nitrogens with one attached hydrogen (secondary N) is 3. The summed E-state index contributed by atoms with van der Waals surface area (Å²) in [6, 6.07) is 20.1. The van der Waals surface area contributed by atoms with Gasteiger partial charge in [-0.3, -0.25) is 9.69 Å². The molecular weight excluding hydrogens is 438 g/mol. The number of carbonyl (C=O) groups excluding carboxylic acids is 2. The lowest BCUT2D eigenvalue weighted by molar-refractivity contribution is 0.102. The van der Waals surface area contributed by atoms with Crippen molar-refractivity contribution in [1.29, 1.82) is 0 Å². The summed E-state index contributed by atoms with van der Waals surface area (Å²) in [5.41, 5.74) is 2.21. The van der Waals surface area contributed by atoms with Crippen LogP contribution in [0.3, 0.4) is 0 Å². The van der Waals surface area contributed by atoms with Crippen LogP contribution in [0.15, 0.2) is 72.9 Å². The molecule has 0 spiro atoms. The van der Waals surface area contributed by atoms with E-state index in [4.69, 9.17) is 11.6 Å². The largest absolute Gasteiger partial charge is 0.334 e. The van der Waals surface area contributed by atoms with Crippen molar-refractivity contribution in [3.05, 3.63) is 89.1 Å². The number of nitrogens with zero attached hydrogens (tertiary/aromatic N) is 2. The molecule has 2 atom stereocenters. The maximum atomic E-state index is 12.6. The fraction of sp³-hybridized carbons (Fsp3) is 0.240. The van der Waals surface area contributed by atoms with E-state index in [1.165, 1.54) is 11.8 Å². The molecule has 170 valence electrons. The molecule has 1 aromatic heterocycles. The van der Waals surface area contributed by atoms with Gasteiger partial charge in [0, 0.05) is 43.1 Å². The topological polar surface area (TPSA) is 86.4 Å². The Hall–Kier alpha value is -3.42. The van der Waals surface area contributed by atoms with Gasteiger partial charge in [0.1, 0.15) is 5.82 Å². The number of benzene rings is 2. The number of anilines is 2. The van der Waals surface area contributed by atoms with E-state index in [0.717, 1.165) is 19.6 Å². The molecule has 0 radical (unpaired) electrons. The highest BCUT2D eigenvalue weighted by atomic mass is 35.5. The zero-order valence-electron chi connectivity index (χ0n) is 18.3. The van der Waals surface area contributed by atoms with E-state index in [9.17, 15) is 9.59 Å². The molecule has 0 saturated carbocycles. The zero-order valence-corrected chi connectivity index (χ0v) is 19.0. The summed E-state index contributed by atoms with van der Waals surface area (Å²) in [4.78, 5) is 31.6. The fourth-order valence-corrected chi connectivity index (χ4v) is 4.05. The number of hydrogen-bond acceptors (Lipinski definition) is 4. The molecule has 3 aromatic rings. The van der Waals surface area contributed by atoms with Gasteiger partial charge >= 0.3 is 6.03 Å². The predicted molar refractivity (Wildman–Crippen MR) is 130 cm³/mol. The highest BCUT2D eigenvalue weighted by Gasteiger charge is 2.30. The first-order chi connectivity index (χ1) is 16.0. The molecule has 1 aliphatic rings. The number of aromatic nitrogens is 1. The van der Waals surface area contributed by atoms with Gasteiger partial charge in [0.05, 0.1) is 5.02 Å². The summed E-state index contributed by atoms with van der Waals surface area (Å²) in [5.74, 6) is 0.411. The minimum Gasteiger partial charge on any atom is -0.334 e. The van der Waals surface area contributed by atoms with Crippen LogP contribution in [0.4, 0.5) is 16.3 Å². The van der Waals surface area contributed by atoms with Gasteiger partial charge in [0.25, 0.3) is 5.91 Å². The number of carbonyl (C=O) groups is 2. The molecule has 1 saturated heterocycles. The lowest BCUT2D eigenvalue weighted by Gasteiger charge is -2.18. The van der Waals surface area contributed by atoms with Crippen molar-refractivity contribution in [3.8, 4) is 0 Å². The molecule has 1 aliphatic heterocycles. The summed E-state index contributed by atoms with van der Waals surface area (Å²) in [6.07, 6.45) is 1.46. The van der Waals surface area contributed by atoms with E-state index in [-0.39, 0.29) is 18.0 Å². The first-order valence-electron chi connectivity index (χ1n) is 10.8. The molecule has 3 N–H and O–H groups in total. The molecule has 33 heavy (non-hydrogen) atoms. The molecule has 1 fully saturated rings. The molecule has 2 heterocycles. The Balaban J connectivity index is 1.31. The second-order valence-corrected chi connectivity index (χ2v) is 8.69. The Labute approximate surface area is 198 Å². The highest BCUT2D eigenvalue weighted by molar-refractivity contribution is 6.30. The Kier molecular flexibility index (Phi) is 7.22. The van der Waals surface area contributed by atoms with Gasteiger partial charge in [0.2, 0.25) is 0 Å². The third-order valence-corrected chi connectivity index (χ3v) is 5.83. The van der Waals surface area contributed by atoms with Crippen molar-refractivity contribution < 1.29 is 9.59 Å². The third-order valence-electron chi connectivity index (χ3n) is 5.61. The Bertz CT molecular complexity index is 1110. The van der Waals surface area contributed by atoms with Crippen molar-refractivity contribution in [2.75, 3.05) is 23.7 Å². The molecule has 0 unspecified atom stereocenters. The first kappa shape index (κ1) is 22.8. The predicted octanol–water partition coefficient (Wildman–Crippen LogP) is 4.63. The standard InChI is InChI=1S/C25H26ClN5O2/c1-17-14-31(15-18-6-3-2-4-7-18)16-22(17)29-25(33)28-21-9-5-8-19(12-21)24(32)30-23-11-10-20(26)13-27-23/h2-13,17,22H,14-16H2,1H3,(H,27,30,32)(H2,28,29,33)/t17-,22-/m0/s1. The van der Waals surface area contributed by atoms with Crippen LogP contribution in [0.5, 0.6) is 0 Å². The molecule has 0 aliphatic carbocycles. The normalized spacial score (nSPS) is 18.0. The van der Waals surface area contributed by atoms with Crippen LogP contribution in [0.1, 0.15) is 22.8 Å². The Morgan fingerprint density at radius 1 is 1.03 bits per heavy atom.